The Hall–Kier alpha value is -1.95. The molecule has 1 aromatic heterocycles. The van der Waals surface area contributed by atoms with Crippen LogP contribution in [0.1, 0.15) is 0 Å². The summed E-state index contributed by atoms with van der Waals surface area (Å²) in [7, 11) is 0. The summed E-state index contributed by atoms with van der Waals surface area (Å²) in [5, 5.41) is 7.90. The first-order chi connectivity index (χ1) is 7.09. The first-order valence-corrected chi connectivity index (χ1v) is 4.48. The van der Waals surface area contributed by atoms with Crippen LogP contribution in [0, 0.1) is 0 Å². The van der Waals surface area contributed by atoms with Gasteiger partial charge in [-0.15, -0.1) is 10.2 Å². The number of rotatable bonds is 1. The molecule has 0 radical (unpaired) electrons. The predicted molar refractivity (Wildman–Crippen MR) is 59.4 cm³/mol. The third-order valence-electron chi connectivity index (χ3n) is 1.96. The molecule has 6 N–H and O–H groups in total. The van der Waals surface area contributed by atoms with Gasteiger partial charge in [-0.1, -0.05) is 11.6 Å². The fraction of sp³-hybridized carbons (Fsp3) is 0. The molecule has 15 heavy (non-hydrogen) atoms. The number of nitrogens with zero attached hydrogens (tertiary/aromatic N) is 3. The number of aromatic nitrogens is 3. The molecule has 0 aliphatic rings. The number of nitrogen functional groups attached to an aromatic ring is 3. The van der Waals surface area contributed by atoms with Crippen molar-refractivity contribution in [1.29, 1.82) is 0 Å². The number of nitrogens with two attached hydrogens (primary N) is 3. The maximum Gasteiger partial charge on any atom is 0.241 e. The van der Waals surface area contributed by atoms with E-state index >= 15 is 0 Å². The lowest BCUT2D eigenvalue weighted by Gasteiger charge is -2.04. The van der Waals surface area contributed by atoms with E-state index in [9.17, 15) is 0 Å². The van der Waals surface area contributed by atoms with Crippen LogP contribution in [0.5, 0.6) is 0 Å². The molecular formula is C8H9ClN6. The summed E-state index contributed by atoms with van der Waals surface area (Å²) in [6, 6.07) is 5.03. The monoisotopic (exact) mass is 224 g/mol. The van der Waals surface area contributed by atoms with Crippen LogP contribution in [0.3, 0.4) is 0 Å². The number of benzene rings is 1. The molecule has 0 saturated carbocycles. The minimum atomic E-state index is 0.123. The van der Waals surface area contributed by atoms with Crippen LogP contribution >= 0.6 is 11.6 Å². The highest BCUT2D eigenvalue weighted by Gasteiger charge is 2.12. The van der Waals surface area contributed by atoms with Gasteiger partial charge >= 0.3 is 0 Å². The predicted octanol–water partition coefficient (Wildman–Crippen LogP) is 0.477. The first-order valence-electron chi connectivity index (χ1n) is 4.11. The van der Waals surface area contributed by atoms with Crippen molar-refractivity contribution >= 4 is 23.2 Å². The smallest absolute Gasteiger partial charge is 0.241 e. The molecule has 0 bridgehead atoms. The van der Waals surface area contributed by atoms with Gasteiger partial charge in [-0.3, -0.25) is 0 Å². The highest BCUT2D eigenvalue weighted by Crippen LogP contribution is 2.27. The van der Waals surface area contributed by atoms with Crippen molar-refractivity contribution < 1.29 is 0 Å². The zero-order chi connectivity index (χ0) is 11.0. The minimum Gasteiger partial charge on any atom is -0.399 e. The van der Waals surface area contributed by atoms with E-state index in [-0.39, 0.29) is 5.95 Å². The second-order valence-electron chi connectivity index (χ2n) is 2.99. The van der Waals surface area contributed by atoms with Gasteiger partial charge in [-0.25, -0.2) is 4.68 Å². The van der Waals surface area contributed by atoms with Crippen molar-refractivity contribution in [3.63, 3.8) is 0 Å². The van der Waals surface area contributed by atoms with Gasteiger partial charge < -0.3 is 17.3 Å². The van der Waals surface area contributed by atoms with Crippen molar-refractivity contribution in [2.75, 3.05) is 17.3 Å². The zero-order valence-electron chi connectivity index (χ0n) is 7.68. The first kappa shape index (κ1) is 9.60. The molecule has 7 heteroatoms. The molecule has 0 unspecified atom stereocenters. The average Bonchev–Trinajstić information content (AvgIpc) is 2.49. The highest BCUT2D eigenvalue weighted by atomic mass is 35.5. The third-order valence-corrected chi connectivity index (χ3v) is 2.27. The number of hydrogen-bond donors (Lipinski definition) is 3. The van der Waals surface area contributed by atoms with Gasteiger partial charge in [-0.05, 0) is 18.2 Å². The summed E-state index contributed by atoms with van der Waals surface area (Å²) in [5.74, 6) is 6.14. The lowest BCUT2D eigenvalue weighted by Crippen LogP contribution is -2.13. The Balaban J connectivity index is 2.59. The van der Waals surface area contributed by atoms with Gasteiger partial charge in [0.25, 0.3) is 0 Å². The van der Waals surface area contributed by atoms with E-state index in [1.807, 2.05) is 0 Å². The van der Waals surface area contributed by atoms with Crippen LogP contribution in [0.25, 0.3) is 11.4 Å². The number of halogens is 1. The summed E-state index contributed by atoms with van der Waals surface area (Å²) in [6.07, 6.45) is 0. The van der Waals surface area contributed by atoms with Gasteiger partial charge in [0.1, 0.15) is 0 Å². The molecule has 1 aromatic carbocycles. The van der Waals surface area contributed by atoms with Crippen LogP contribution in [-0.4, -0.2) is 14.9 Å². The second-order valence-corrected chi connectivity index (χ2v) is 3.40. The van der Waals surface area contributed by atoms with Crippen LogP contribution in [-0.2, 0) is 0 Å². The van der Waals surface area contributed by atoms with Crippen LogP contribution in [0.15, 0.2) is 18.2 Å². The van der Waals surface area contributed by atoms with Crippen molar-refractivity contribution in [2.24, 2.45) is 0 Å². The van der Waals surface area contributed by atoms with Gasteiger partial charge in [0.15, 0.2) is 5.82 Å². The molecule has 0 spiro atoms. The van der Waals surface area contributed by atoms with E-state index in [0.717, 1.165) is 4.68 Å². The van der Waals surface area contributed by atoms with Crippen molar-refractivity contribution in [3.05, 3.63) is 23.2 Å². The molecule has 0 saturated heterocycles. The molecule has 0 aliphatic carbocycles. The Morgan fingerprint density at radius 3 is 2.47 bits per heavy atom. The van der Waals surface area contributed by atoms with E-state index < -0.39 is 0 Å². The van der Waals surface area contributed by atoms with Gasteiger partial charge in [0.05, 0.1) is 5.02 Å². The van der Waals surface area contributed by atoms with E-state index in [0.29, 0.717) is 22.1 Å². The van der Waals surface area contributed by atoms with Gasteiger partial charge in [-0.2, -0.15) is 0 Å². The molecule has 0 aliphatic heterocycles. The molecule has 0 atom stereocenters. The van der Waals surface area contributed by atoms with Crippen LogP contribution in [0.4, 0.5) is 11.6 Å². The molecule has 2 aromatic rings. The Morgan fingerprint density at radius 2 is 1.93 bits per heavy atom. The van der Waals surface area contributed by atoms with Crippen LogP contribution in [0.2, 0.25) is 5.02 Å². The standard InChI is InChI=1S/C8H9ClN6/c9-6-3-4(10)1-2-5(6)7-13-14-8(11)15(7)12/h1-3H,10,12H2,(H2,11,14). The van der Waals surface area contributed by atoms with E-state index in [4.69, 9.17) is 28.9 Å². The second kappa shape index (κ2) is 3.32. The normalized spacial score (nSPS) is 10.5. The molecule has 0 amide bonds. The fourth-order valence-corrected chi connectivity index (χ4v) is 1.47. The van der Waals surface area contributed by atoms with E-state index in [2.05, 4.69) is 10.2 Å². The lowest BCUT2D eigenvalue weighted by molar-refractivity contribution is 1.02. The highest BCUT2D eigenvalue weighted by molar-refractivity contribution is 6.33. The Kier molecular flexibility index (Phi) is 2.12. The minimum absolute atomic E-state index is 0.123. The number of anilines is 2. The van der Waals surface area contributed by atoms with Crippen molar-refractivity contribution in [2.45, 2.75) is 0 Å². The summed E-state index contributed by atoms with van der Waals surface area (Å²) in [4.78, 5) is 0. The molecular weight excluding hydrogens is 216 g/mol. The summed E-state index contributed by atoms with van der Waals surface area (Å²) < 4.78 is 1.16. The third kappa shape index (κ3) is 1.55. The van der Waals surface area contributed by atoms with Crippen LogP contribution < -0.4 is 17.3 Å². The Morgan fingerprint density at radius 1 is 1.20 bits per heavy atom. The SMILES string of the molecule is Nc1ccc(-c2nnc(N)n2N)c(Cl)c1. The molecule has 78 valence electrons. The maximum atomic E-state index is 5.99. The van der Waals surface area contributed by atoms with Crippen molar-refractivity contribution in [3.8, 4) is 11.4 Å². The summed E-state index contributed by atoms with van der Waals surface area (Å²) in [6.45, 7) is 0. The van der Waals surface area contributed by atoms with Crippen molar-refractivity contribution in [1.82, 2.24) is 14.9 Å². The van der Waals surface area contributed by atoms with Gasteiger partial charge in [0, 0.05) is 11.3 Å². The van der Waals surface area contributed by atoms with E-state index in [1.54, 1.807) is 18.2 Å². The molecule has 6 nitrogen and oxygen atoms in total. The fourth-order valence-electron chi connectivity index (χ4n) is 1.20. The van der Waals surface area contributed by atoms with E-state index in [1.165, 1.54) is 0 Å². The summed E-state index contributed by atoms with van der Waals surface area (Å²) >= 11 is 5.99. The number of hydrogen-bond acceptors (Lipinski definition) is 5. The lowest BCUT2D eigenvalue weighted by atomic mass is 10.2. The average molecular weight is 225 g/mol. The maximum absolute atomic E-state index is 5.99. The molecule has 2 rings (SSSR count). The Bertz CT molecular complexity index is 506. The topological polar surface area (TPSA) is 109 Å². The summed E-state index contributed by atoms with van der Waals surface area (Å²) in [5.41, 5.74) is 12.2. The Labute approximate surface area is 90.6 Å². The quantitative estimate of drug-likeness (QED) is 0.482. The molecule has 1 heterocycles. The molecule has 0 fully saturated rings. The zero-order valence-corrected chi connectivity index (χ0v) is 8.44. The largest absolute Gasteiger partial charge is 0.399 e. The van der Waals surface area contributed by atoms with Gasteiger partial charge in [0.2, 0.25) is 5.95 Å².